The highest BCUT2D eigenvalue weighted by Crippen LogP contribution is 2.62. The van der Waals surface area contributed by atoms with Crippen LogP contribution in [-0.4, -0.2) is 22.8 Å². The van der Waals surface area contributed by atoms with E-state index >= 15 is 0 Å². The molecule has 6 rings (SSSR count). The van der Waals surface area contributed by atoms with Gasteiger partial charge in [0, 0.05) is 16.0 Å². The van der Waals surface area contributed by atoms with E-state index in [0.29, 0.717) is 12.2 Å². The molecule has 0 unspecified atom stereocenters. The van der Waals surface area contributed by atoms with Crippen molar-refractivity contribution in [2.75, 3.05) is 6.61 Å². The molecule has 166 valence electrons. The van der Waals surface area contributed by atoms with E-state index < -0.39 is 5.97 Å². The molecule has 0 saturated heterocycles. The zero-order valence-electron chi connectivity index (χ0n) is 18.1. The van der Waals surface area contributed by atoms with E-state index in [4.69, 9.17) is 9.84 Å². The number of thioether (sulfide) groups is 1. The number of ether oxygens (including phenoxy) is 1. The number of hydrogen-bond donors (Lipinski definition) is 1. The number of aromatic carboxylic acids is 1. The third-order valence-corrected chi connectivity index (χ3v) is 8.42. The highest BCUT2D eigenvalue weighted by Gasteiger charge is 2.52. The second-order valence-electron chi connectivity index (χ2n) is 9.73. The highest BCUT2D eigenvalue weighted by atomic mass is 32.2. The minimum absolute atomic E-state index is 0.0330. The molecular weight excluding hydrogens is 420 g/mol. The van der Waals surface area contributed by atoms with E-state index in [1.807, 2.05) is 12.1 Å². The molecule has 32 heavy (non-hydrogen) atoms. The molecule has 0 spiro atoms. The molecule has 2 aromatic rings. The van der Waals surface area contributed by atoms with Crippen molar-refractivity contribution < 1.29 is 19.4 Å². The molecule has 0 atom stereocenters. The minimum Gasteiger partial charge on any atom is -0.489 e. The van der Waals surface area contributed by atoms with Crippen molar-refractivity contribution in [1.82, 2.24) is 0 Å². The van der Waals surface area contributed by atoms with Crippen molar-refractivity contribution in [3.63, 3.8) is 0 Å². The van der Waals surface area contributed by atoms with Crippen molar-refractivity contribution in [1.29, 1.82) is 0 Å². The van der Waals surface area contributed by atoms with Crippen LogP contribution in [0.1, 0.15) is 64.8 Å². The molecule has 0 amide bonds. The normalized spacial score (nSPS) is 27.8. The number of benzene rings is 2. The topological polar surface area (TPSA) is 63.6 Å². The molecule has 4 nitrogen and oxygen atoms in total. The molecule has 2 aromatic carbocycles. The first-order valence-electron chi connectivity index (χ1n) is 11.4. The number of carbonyl (C=O) groups is 2. The Morgan fingerprint density at radius 2 is 1.59 bits per heavy atom. The molecule has 4 fully saturated rings. The van der Waals surface area contributed by atoms with Crippen LogP contribution in [0.3, 0.4) is 0 Å². The van der Waals surface area contributed by atoms with E-state index in [1.54, 1.807) is 18.2 Å². The number of hydrogen-bond acceptors (Lipinski definition) is 4. The number of carbonyl (C=O) groups excluding carboxylic acids is 1. The minimum atomic E-state index is -0.969. The zero-order chi connectivity index (χ0) is 22.3. The summed E-state index contributed by atoms with van der Waals surface area (Å²) in [4.78, 5) is 24.9. The van der Waals surface area contributed by atoms with Gasteiger partial charge in [-0.05, 0) is 116 Å². The third kappa shape index (κ3) is 3.99. The van der Waals surface area contributed by atoms with Crippen LogP contribution in [0.4, 0.5) is 0 Å². The Labute approximate surface area is 193 Å². The predicted octanol–water partition coefficient (Wildman–Crippen LogP) is 6.35. The van der Waals surface area contributed by atoms with Crippen molar-refractivity contribution >= 4 is 22.8 Å². The summed E-state index contributed by atoms with van der Waals surface area (Å²) in [5.41, 5.74) is 2.21. The molecule has 1 N–H and O–H groups in total. The fraction of sp³-hybridized carbons (Fsp3) is 0.407. The van der Waals surface area contributed by atoms with Crippen LogP contribution in [-0.2, 0) is 5.41 Å². The number of carboxylic acids is 1. The summed E-state index contributed by atoms with van der Waals surface area (Å²) in [7, 11) is 0. The molecular formula is C27H28O4S. The molecule has 0 heterocycles. The van der Waals surface area contributed by atoms with Crippen LogP contribution in [0.15, 0.2) is 60.0 Å². The smallest absolute Gasteiger partial charge is 0.335 e. The molecule has 0 aliphatic heterocycles. The Bertz CT molecular complexity index is 1020. The second kappa shape index (κ2) is 8.43. The molecule has 0 aromatic heterocycles. The molecule has 4 saturated carbocycles. The van der Waals surface area contributed by atoms with Gasteiger partial charge in [0.2, 0.25) is 5.12 Å². The van der Waals surface area contributed by atoms with Crippen LogP contribution >= 0.6 is 11.8 Å². The molecule has 4 aliphatic rings. The molecule has 4 bridgehead atoms. The second-order valence-corrected chi connectivity index (χ2v) is 10.8. The van der Waals surface area contributed by atoms with Crippen LogP contribution < -0.4 is 4.74 Å². The SMILES string of the molecule is C=CCOc1ccc(C(=O)Sc2ccc(C(=O)O)cc2)cc1C12CC3CC(CC(C3)C1)C2. The summed E-state index contributed by atoms with van der Waals surface area (Å²) in [6, 6.07) is 12.3. The summed E-state index contributed by atoms with van der Waals surface area (Å²) in [5.74, 6) is 2.32. The van der Waals surface area contributed by atoms with Gasteiger partial charge in [-0.1, -0.05) is 12.7 Å². The van der Waals surface area contributed by atoms with Gasteiger partial charge in [-0.25, -0.2) is 4.79 Å². The van der Waals surface area contributed by atoms with Crippen LogP contribution in [0.2, 0.25) is 0 Å². The van der Waals surface area contributed by atoms with Crippen molar-refractivity contribution in [3.05, 3.63) is 71.8 Å². The Balaban J connectivity index is 1.44. The highest BCUT2D eigenvalue weighted by molar-refractivity contribution is 8.14. The van der Waals surface area contributed by atoms with Crippen molar-refractivity contribution in [2.24, 2.45) is 17.8 Å². The molecule has 0 radical (unpaired) electrons. The van der Waals surface area contributed by atoms with Crippen LogP contribution in [0, 0.1) is 17.8 Å². The Hall–Kier alpha value is -2.53. The maximum absolute atomic E-state index is 13.1. The predicted molar refractivity (Wildman–Crippen MR) is 126 cm³/mol. The summed E-state index contributed by atoms with van der Waals surface area (Å²) in [6.07, 6.45) is 9.45. The fourth-order valence-electron chi connectivity index (χ4n) is 6.62. The molecule has 4 aliphatic carbocycles. The van der Waals surface area contributed by atoms with Gasteiger partial charge in [0.25, 0.3) is 0 Å². The van der Waals surface area contributed by atoms with Gasteiger partial charge in [-0.3, -0.25) is 4.79 Å². The van der Waals surface area contributed by atoms with Gasteiger partial charge in [0.05, 0.1) is 5.56 Å². The fourth-order valence-corrected chi connectivity index (χ4v) is 7.35. The largest absolute Gasteiger partial charge is 0.489 e. The third-order valence-electron chi connectivity index (χ3n) is 7.49. The lowest BCUT2D eigenvalue weighted by molar-refractivity contribution is -0.00629. The first-order valence-corrected chi connectivity index (χ1v) is 12.2. The van der Waals surface area contributed by atoms with E-state index in [1.165, 1.54) is 56.2 Å². The summed E-state index contributed by atoms with van der Waals surface area (Å²) < 4.78 is 6.07. The maximum atomic E-state index is 13.1. The monoisotopic (exact) mass is 448 g/mol. The average Bonchev–Trinajstić information content (AvgIpc) is 2.77. The van der Waals surface area contributed by atoms with Crippen molar-refractivity contribution in [3.8, 4) is 5.75 Å². The van der Waals surface area contributed by atoms with Gasteiger partial charge in [-0.15, -0.1) is 0 Å². The molecule has 5 heteroatoms. The summed E-state index contributed by atoms with van der Waals surface area (Å²) in [5, 5.41) is 9.05. The lowest BCUT2D eigenvalue weighted by Crippen LogP contribution is -2.48. The van der Waals surface area contributed by atoms with Gasteiger partial charge in [0.1, 0.15) is 12.4 Å². The quantitative estimate of drug-likeness (QED) is 0.395. The summed E-state index contributed by atoms with van der Waals surface area (Å²) >= 11 is 1.14. The maximum Gasteiger partial charge on any atom is 0.335 e. The Morgan fingerprint density at radius 1 is 1.00 bits per heavy atom. The van der Waals surface area contributed by atoms with Gasteiger partial charge in [-0.2, -0.15) is 0 Å². The lowest BCUT2D eigenvalue weighted by atomic mass is 9.48. The van der Waals surface area contributed by atoms with Gasteiger partial charge in [0.15, 0.2) is 0 Å². The number of rotatable bonds is 7. The Morgan fingerprint density at radius 3 is 2.16 bits per heavy atom. The van der Waals surface area contributed by atoms with Gasteiger partial charge >= 0.3 is 5.97 Å². The number of carboxylic acid groups (broad SMARTS) is 1. The average molecular weight is 449 g/mol. The van der Waals surface area contributed by atoms with E-state index in [9.17, 15) is 9.59 Å². The van der Waals surface area contributed by atoms with Crippen molar-refractivity contribution in [2.45, 2.75) is 48.8 Å². The van der Waals surface area contributed by atoms with Crippen LogP contribution in [0.5, 0.6) is 5.75 Å². The van der Waals surface area contributed by atoms with E-state index in [-0.39, 0.29) is 16.1 Å². The zero-order valence-corrected chi connectivity index (χ0v) is 18.9. The lowest BCUT2D eigenvalue weighted by Gasteiger charge is -2.57. The Kier molecular flexibility index (Phi) is 5.62. The standard InChI is InChI=1S/C27H28O4S/c1-2-9-31-24-8-5-21(26(30)32-22-6-3-20(4-7-22)25(28)29)13-23(24)27-14-17-10-18(15-27)12-19(11-17)16-27/h2-8,13,17-19H,1,9-12,14-16H2,(H,28,29). The first kappa shape index (κ1) is 21.3. The summed E-state index contributed by atoms with van der Waals surface area (Å²) in [6.45, 7) is 4.24. The van der Waals surface area contributed by atoms with Gasteiger partial charge < -0.3 is 9.84 Å². The van der Waals surface area contributed by atoms with Crippen LogP contribution in [0.25, 0.3) is 0 Å². The first-order chi connectivity index (χ1) is 15.5. The van der Waals surface area contributed by atoms with E-state index in [2.05, 4.69) is 12.6 Å². The van der Waals surface area contributed by atoms with E-state index in [0.717, 1.165) is 40.2 Å².